The summed E-state index contributed by atoms with van der Waals surface area (Å²) in [4.78, 5) is 9.03. The smallest absolute Gasteiger partial charge is 0.140 e. The van der Waals surface area contributed by atoms with Gasteiger partial charge in [0, 0.05) is 5.92 Å². The number of aromatic nitrogens is 2. The van der Waals surface area contributed by atoms with Gasteiger partial charge in [0.25, 0.3) is 0 Å². The maximum absolute atomic E-state index is 5.91. The molecule has 1 aromatic rings. The Balaban J connectivity index is 2.42. The summed E-state index contributed by atoms with van der Waals surface area (Å²) in [6.45, 7) is 6.52. The van der Waals surface area contributed by atoms with Crippen molar-refractivity contribution in [1.29, 1.82) is 0 Å². The van der Waals surface area contributed by atoms with E-state index in [2.05, 4.69) is 53.3 Å². The standard InChI is InChI=1S/C11H16IN3/c1-5(2)9-8(12)10(13)15-11(14-9)7-4-6(7)3/h5-7H,4H2,1-3H3,(H2,13,14,15). The summed E-state index contributed by atoms with van der Waals surface area (Å²) >= 11 is 2.24. The van der Waals surface area contributed by atoms with Crippen LogP contribution in [0.4, 0.5) is 5.82 Å². The van der Waals surface area contributed by atoms with Crippen LogP contribution in [0.15, 0.2) is 0 Å². The van der Waals surface area contributed by atoms with Gasteiger partial charge in [0.15, 0.2) is 0 Å². The molecule has 2 unspecified atom stereocenters. The van der Waals surface area contributed by atoms with Crippen molar-refractivity contribution >= 4 is 28.4 Å². The molecule has 0 radical (unpaired) electrons. The Morgan fingerprint density at radius 2 is 2.00 bits per heavy atom. The van der Waals surface area contributed by atoms with E-state index in [1.54, 1.807) is 0 Å². The van der Waals surface area contributed by atoms with Crippen LogP contribution in [0.2, 0.25) is 0 Å². The van der Waals surface area contributed by atoms with E-state index in [1.807, 2.05) is 0 Å². The molecule has 3 nitrogen and oxygen atoms in total. The molecular weight excluding hydrogens is 301 g/mol. The Labute approximate surface area is 104 Å². The van der Waals surface area contributed by atoms with E-state index < -0.39 is 0 Å². The minimum absolute atomic E-state index is 0.412. The molecule has 82 valence electrons. The fourth-order valence-corrected chi connectivity index (χ4v) is 2.60. The molecular formula is C11H16IN3. The molecule has 2 N–H and O–H groups in total. The molecule has 1 aliphatic carbocycles. The van der Waals surface area contributed by atoms with Crippen LogP contribution in [0.5, 0.6) is 0 Å². The zero-order chi connectivity index (χ0) is 11.2. The van der Waals surface area contributed by atoms with Crippen molar-refractivity contribution in [2.45, 2.75) is 39.0 Å². The number of nitrogens with two attached hydrogens (primary N) is 1. The van der Waals surface area contributed by atoms with Crippen molar-refractivity contribution < 1.29 is 0 Å². The summed E-state index contributed by atoms with van der Waals surface area (Å²) < 4.78 is 1.01. The molecule has 1 aromatic heterocycles. The first-order valence-corrected chi connectivity index (χ1v) is 6.41. The first-order valence-electron chi connectivity index (χ1n) is 5.33. The van der Waals surface area contributed by atoms with Gasteiger partial charge in [-0.05, 0) is 40.8 Å². The van der Waals surface area contributed by atoms with Crippen LogP contribution in [0.1, 0.15) is 50.5 Å². The second-order valence-electron chi connectivity index (χ2n) is 4.64. The minimum atomic E-state index is 0.412. The quantitative estimate of drug-likeness (QED) is 0.853. The van der Waals surface area contributed by atoms with Gasteiger partial charge in [0.2, 0.25) is 0 Å². The van der Waals surface area contributed by atoms with E-state index in [-0.39, 0.29) is 0 Å². The van der Waals surface area contributed by atoms with Crippen LogP contribution >= 0.6 is 22.6 Å². The number of halogens is 1. The van der Waals surface area contributed by atoms with Crippen molar-refractivity contribution in [2.24, 2.45) is 5.92 Å². The van der Waals surface area contributed by atoms with Gasteiger partial charge >= 0.3 is 0 Å². The Kier molecular flexibility index (Phi) is 2.87. The molecule has 0 aromatic carbocycles. The molecule has 15 heavy (non-hydrogen) atoms. The summed E-state index contributed by atoms with van der Waals surface area (Å²) in [6, 6.07) is 0. The average Bonchev–Trinajstić information content (AvgIpc) is 2.87. The lowest BCUT2D eigenvalue weighted by Gasteiger charge is -2.11. The van der Waals surface area contributed by atoms with Crippen molar-refractivity contribution in [2.75, 3.05) is 5.73 Å². The Bertz CT molecular complexity index is 390. The van der Waals surface area contributed by atoms with Crippen LogP contribution in [0.25, 0.3) is 0 Å². The Hall–Kier alpha value is -0.390. The lowest BCUT2D eigenvalue weighted by atomic mass is 10.1. The summed E-state index contributed by atoms with van der Waals surface area (Å²) in [7, 11) is 0. The van der Waals surface area contributed by atoms with Crippen molar-refractivity contribution in [3.63, 3.8) is 0 Å². The fourth-order valence-electron chi connectivity index (χ4n) is 1.73. The second-order valence-corrected chi connectivity index (χ2v) is 5.72. The number of hydrogen-bond acceptors (Lipinski definition) is 3. The normalized spacial score (nSPS) is 24.6. The molecule has 0 amide bonds. The van der Waals surface area contributed by atoms with Gasteiger partial charge in [-0.2, -0.15) is 0 Å². The first kappa shape index (κ1) is 11.1. The van der Waals surface area contributed by atoms with Gasteiger partial charge in [-0.1, -0.05) is 20.8 Å². The fraction of sp³-hybridized carbons (Fsp3) is 0.636. The molecule has 0 spiro atoms. The average molecular weight is 317 g/mol. The minimum Gasteiger partial charge on any atom is -0.383 e. The zero-order valence-corrected chi connectivity index (χ0v) is 11.4. The highest BCUT2D eigenvalue weighted by Crippen LogP contribution is 2.46. The molecule has 2 rings (SSSR count). The summed E-state index contributed by atoms with van der Waals surface area (Å²) in [5.41, 5.74) is 7.01. The summed E-state index contributed by atoms with van der Waals surface area (Å²) in [5.74, 6) is 3.27. The lowest BCUT2D eigenvalue weighted by molar-refractivity contribution is 0.763. The van der Waals surface area contributed by atoms with Crippen molar-refractivity contribution in [1.82, 2.24) is 9.97 Å². The van der Waals surface area contributed by atoms with Gasteiger partial charge in [-0.15, -0.1) is 0 Å². The number of rotatable bonds is 2. The van der Waals surface area contributed by atoms with Crippen LogP contribution in [0.3, 0.4) is 0 Å². The van der Waals surface area contributed by atoms with Gasteiger partial charge in [-0.25, -0.2) is 9.97 Å². The van der Waals surface area contributed by atoms with Crippen LogP contribution in [-0.2, 0) is 0 Å². The summed E-state index contributed by atoms with van der Waals surface area (Å²) in [6.07, 6.45) is 1.21. The molecule has 1 saturated carbocycles. The van der Waals surface area contributed by atoms with Crippen molar-refractivity contribution in [3.05, 3.63) is 15.1 Å². The van der Waals surface area contributed by atoms with Crippen molar-refractivity contribution in [3.8, 4) is 0 Å². The number of anilines is 1. The van der Waals surface area contributed by atoms with Gasteiger partial charge < -0.3 is 5.73 Å². The monoisotopic (exact) mass is 317 g/mol. The number of hydrogen-bond donors (Lipinski definition) is 1. The Morgan fingerprint density at radius 1 is 1.40 bits per heavy atom. The third kappa shape index (κ3) is 2.09. The van der Waals surface area contributed by atoms with E-state index >= 15 is 0 Å². The molecule has 1 heterocycles. The third-order valence-corrected chi connectivity index (χ3v) is 4.01. The molecule has 2 atom stereocenters. The van der Waals surface area contributed by atoms with Gasteiger partial charge in [0.05, 0.1) is 9.26 Å². The largest absolute Gasteiger partial charge is 0.383 e. The van der Waals surface area contributed by atoms with Crippen LogP contribution < -0.4 is 5.73 Å². The summed E-state index contributed by atoms with van der Waals surface area (Å²) in [5, 5.41) is 0. The second kappa shape index (κ2) is 3.88. The van der Waals surface area contributed by atoms with Gasteiger partial charge in [0.1, 0.15) is 11.6 Å². The molecule has 1 aliphatic rings. The zero-order valence-electron chi connectivity index (χ0n) is 9.29. The SMILES string of the molecule is CC(C)c1nc(C2CC2C)nc(N)c1I. The predicted octanol–water partition coefficient (Wildman–Crippen LogP) is 2.91. The van der Waals surface area contributed by atoms with Gasteiger partial charge in [-0.3, -0.25) is 0 Å². The van der Waals surface area contributed by atoms with E-state index in [1.165, 1.54) is 6.42 Å². The number of nitrogen functional groups attached to an aromatic ring is 1. The first-order chi connectivity index (χ1) is 7.00. The van der Waals surface area contributed by atoms with E-state index in [4.69, 9.17) is 5.73 Å². The maximum Gasteiger partial charge on any atom is 0.140 e. The molecule has 1 fully saturated rings. The topological polar surface area (TPSA) is 51.8 Å². The number of nitrogens with zero attached hydrogens (tertiary/aromatic N) is 2. The Morgan fingerprint density at radius 3 is 2.47 bits per heavy atom. The maximum atomic E-state index is 5.91. The van der Waals surface area contributed by atoms with Crippen LogP contribution in [-0.4, -0.2) is 9.97 Å². The van der Waals surface area contributed by atoms with E-state index in [0.717, 1.165) is 21.0 Å². The molecule has 0 bridgehead atoms. The lowest BCUT2D eigenvalue weighted by Crippen LogP contribution is -2.08. The van der Waals surface area contributed by atoms with Crippen LogP contribution in [0, 0.1) is 9.49 Å². The highest BCUT2D eigenvalue weighted by Gasteiger charge is 2.37. The van der Waals surface area contributed by atoms with E-state index in [9.17, 15) is 0 Å². The molecule has 4 heteroatoms. The third-order valence-electron chi connectivity index (χ3n) is 2.91. The predicted molar refractivity (Wildman–Crippen MR) is 69.8 cm³/mol. The highest BCUT2D eigenvalue weighted by atomic mass is 127. The highest BCUT2D eigenvalue weighted by molar-refractivity contribution is 14.1. The molecule has 0 aliphatic heterocycles. The van der Waals surface area contributed by atoms with E-state index in [0.29, 0.717) is 17.7 Å². The molecule has 0 saturated heterocycles.